The summed E-state index contributed by atoms with van der Waals surface area (Å²) in [6.45, 7) is 10.2. The van der Waals surface area contributed by atoms with Crippen LogP contribution in [-0.4, -0.2) is 11.1 Å². The molecule has 17 heavy (non-hydrogen) atoms. The predicted molar refractivity (Wildman–Crippen MR) is 70.8 cm³/mol. The van der Waals surface area contributed by atoms with Crippen LogP contribution in [0.4, 0.5) is 0 Å². The minimum Gasteiger partial charge on any atom is -0.480 e. The number of hydrogen-bond acceptors (Lipinski definition) is 1. The summed E-state index contributed by atoms with van der Waals surface area (Å²) in [7, 11) is 0. The number of alkyl halides is 1. The average molecular weight is 255 g/mol. The molecule has 1 N–H and O–H groups in total. The van der Waals surface area contributed by atoms with Crippen LogP contribution in [0.25, 0.3) is 0 Å². The highest BCUT2D eigenvalue weighted by atomic mass is 35.5. The molecular weight excluding hydrogens is 236 g/mol. The monoisotopic (exact) mass is 254 g/mol. The fourth-order valence-corrected chi connectivity index (χ4v) is 2.28. The van der Waals surface area contributed by atoms with Gasteiger partial charge in [0.05, 0.1) is 0 Å². The van der Waals surface area contributed by atoms with Gasteiger partial charge in [0.15, 0.2) is 5.38 Å². The van der Waals surface area contributed by atoms with Gasteiger partial charge in [-0.15, -0.1) is 11.6 Å². The molecule has 0 fully saturated rings. The second-order valence-electron chi connectivity index (χ2n) is 5.47. The van der Waals surface area contributed by atoms with Crippen LogP contribution in [0.1, 0.15) is 48.4 Å². The van der Waals surface area contributed by atoms with E-state index in [1.165, 1.54) is 5.56 Å². The lowest BCUT2D eigenvalue weighted by Crippen LogP contribution is -2.14. The normalized spacial score (nSPS) is 13.5. The van der Waals surface area contributed by atoms with Crippen molar-refractivity contribution in [3.05, 3.63) is 34.4 Å². The smallest absolute Gasteiger partial charge is 0.326 e. The number of halogens is 1. The summed E-state index contributed by atoms with van der Waals surface area (Å²) in [5, 5.41) is 8.01. The Morgan fingerprint density at radius 2 is 1.65 bits per heavy atom. The lowest BCUT2D eigenvalue weighted by Gasteiger charge is -2.23. The Hall–Kier alpha value is -1.02. The van der Waals surface area contributed by atoms with Gasteiger partial charge in [-0.1, -0.05) is 32.9 Å². The Morgan fingerprint density at radius 3 is 1.94 bits per heavy atom. The van der Waals surface area contributed by atoms with Crippen molar-refractivity contribution in [2.75, 3.05) is 0 Å². The molecule has 0 bridgehead atoms. The molecule has 0 heterocycles. The van der Waals surface area contributed by atoms with E-state index in [0.29, 0.717) is 5.56 Å². The van der Waals surface area contributed by atoms with Crippen molar-refractivity contribution < 1.29 is 9.90 Å². The molecule has 0 saturated carbocycles. The van der Waals surface area contributed by atoms with E-state index >= 15 is 0 Å². The summed E-state index contributed by atoms with van der Waals surface area (Å²) in [4.78, 5) is 11.0. The summed E-state index contributed by atoms with van der Waals surface area (Å²) in [6, 6.07) is 4.06. The van der Waals surface area contributed by atoms with E-state index in [2.05, 4.69) is 20.8 Å². The zero-order chi connectivity index (χ0) is 13.4. The molecule has 0 radical (unpaired) electrons. The van der Waals surface area contributed by atoms with Gasteiger partial charge in [-0.25, -0.2) is 0 Å². The van der Waals surface area contributed by atoms with Gasteiger partial charge in [-0.05, 0) is 41.5 Å². The zero-order valence-electron chi connectivity index (χ0n) is 11.0. The van der Waals surface area contributed by atoms with E-state index in [-0.39, 0.29) is 5.41 Å². The van der Waals surface area contributed by atoms with Crippen molar-refractivity contribution in [3.8, 4) is 0 Å². The maximum absolute atomic E-state index is 11.0. The van der Waals surface area contributed by atoms with Crippen LogP contribution < -0.4 is 0 Å². The van der Waals surface area contributed by atoms with Crippen molar-refractivity contribution in [1.29, 1.82) is 0 Å². The van der Waals surface area contributed by atoms with Crippen LogP contribution in [-0.2, 0) is 10.2 Å². The molecule has 0 aliphatic carbocycles. The molecule has 3 heteroatoms. The van der Waals surface area contributed by atoms with Crippen LogP contribution in [0.2, 0.25) is 0 Å². The first-order valence-electron chi connectivity index (χ1n) is 5.63. The lowest BCUT2D eigenvalue weighted by atomic mass is 9.83. The fraction of sp³-hybridized carbons (Fsp3) is 0.500. The van der Waals surface area contributed by atoms with Gasteiger partial charge >= 0.3 is 5.97 Å². The average Bonchev–Trinajstić information content (AvgIpc) is 2.14. The molecule has 1 aromatic rings. The van der Waals surface area contributed by atoms with Crippen LogP contribution in [0.15, 0.2) is 12.1 Å². The van der Waals surface area contributed by atoms with Gasteiger partial charge < -0.3 is 5.11 Å². The van der Waals surface area contributed by atoms with Gasteiger partial charge in [0.1, 0.15) is 0 Å². The quantitative estimate of drug-likeness (QED) is 0.811. The minimum atomic E-state index is -0.999. The van der Waals surface area contributed by atoms with E-state index in [9.17, 15) is 4.79 Å². The summed E-state index contributed by atoms with van der Waals surface area (Å²) < 4.78 is 0. The van der Waals surface area contributed by atoms with Crippen molar-refractivity contribution >= 4 is 17.6 Å². The minimum absolute atomic E-state index is 0.0546. The molecule has 0 aliphatic rings. The summed E-state index contributed by atoms with van der Waals surface area (Å²) in [6.07, 6.45) is 0. The molecule has 0 saturated heterocycles. The first kappa shape index (κ1) is 14.0. The fourth-order valence-electron chi connectivity index (χ4n) is 1.93. The van der Waals surface area contributed by atoms with E-state index in [1.54, 1.807) is 0 Å². The number of aliphatic carboxylic acids is 1. The van der Waals surface area contributed by atoms with E-state index < -0.39 is 11.3 Å². The predicted octanol–water partition coefficient (Wildman–Crippen LogP) is 3.97. The number of hydrogen-bond donors (Lipinski definition) is 1. The number of carbonyl (C=O) groups is 1. The second kappa shape index (κ2) is 4.69. The maximum atomic E-state index is 11.0. The number of rotatable bonds is 2. The van der Waals surface area contributed by atoms with Crippen LogP contribution in [0.3, 0.4) is 0 Å². The highest BCUT2D eigenvalue weighted by Crippen LogP contribution is 2.32. The third kappa shape index (κ3) is 3.01. The highest BCUT2D eigenvalue weighted by Gasteiger charge is 2.23. The Labute approximate surface area is 108 Å². The number of carboxylic acid groups (broad SMARTS) is 1. The standard InChI is InChI=1S/C14H19ClO2/c1-8-6-10(14(3,4)5)7-9(2)11(8)12(15)13(16)17/h6-7,12H,1-5H3,(H,16,17). The van der Waals surface area contributed by atoms with E-state index in [4.69, 9.17) is 16.7 Å². The number of carboxylic acids is 1. The molecule has 1 aromatic carbocycles. The molecule has 1 unspecified atom stereocenters. The van der Waals surface area contributed by atoms with Gasteiger partial charge in [0.2, 0.25) is 0 Å². The summed E-state index contributed by atoms with van der Waals surface area (Å²) in [5.74, 6) is -0.999. The highest BCUT2D eigenvalue weighted by molar-refractivity contribution is 6.29. The third-order valence-electron chi connectivity index (χ3n) is 2.93. The molecule has 94 valence electrons. The van der Waals surface area contributed by atoms with Gasteiger partial charge in [-0.2, -0.15) is 0 Å². The van der Waals surface area contributed by atoms with Crippen molar-refractivity contribution in [3.63, 3.8) is 0 Å². The molecule has 0 aliphatic heterocycles. The second-order valence-corrected chi connectivity index (χ2v) is 5.91. The molecule has 0 aromatic heterocycles. The van der Waals surface area contributed by atoms with E-state index in [0.717, 1.165) is 11.1 Å². The number of aryl methyl sites for hydroxylation is 2. The van der Waals surface area contributed by atoms with E-state index in [1.807, 2.05) is 26.0 Å². The first-order chi connectivity index (χ1) is 7.64. The third-order valence-corrected chi connectivity index (χ3v) is 3.33. The molecule has 0 spiro atoms. The Kier molecular flexibility index (Phi) is 3.88. The van der Waals surface area contributed by atoms with Crippen molar-refractivity contribution in [1.82, 2.24) is 0 Å². The Morgan fingerprint density at radius 1 is 1.24 bits per heavy atom. The van der Waals surface area contributed by atoms with Gasteiger partial charge in [0.25, 0.3) is 0 Å². The topological polar surface area (TPSA) is 37.3 Å². The molecule has 1 rings (SSSR count). The van der Waals surface area contributed by atoms with Crippen molar-refractivity contribution in [2.24, 2.45) is 0 Å². The zero-order valence-corrected chi connectivity index (χ0v) is 11.7. The first-order valence-corrected chi connectivity index (χ1v) is 6.06. The van der Waals surface area contributed by atoms with Gasteiger partial charge in [-0.3, -0.25) is 4.79 Å². The Balaban J connectivity index is 3.34. The van der Waals surface area contributed by atoms with Gasteiger partial charge in [0, 0.05) is 0 Å². The maximum Gasteiger partial charge on any atom is 0.326 e. The molecule has 2 nitrogen and oxygen atoms in total. The molecule has 1 atom stereocenters. The summed E-state index contributed by atoms with van der Waals surface area (Å²) in [5.41, 5.74) is 3.85. The largest absolute Gasteiger partial charge is 0.480 e. The molecular formula is C14H19ClO2. The van der Waals surface area contributed by atoms with Crippen molar-refractivity contribution in [2.45, 2.75) is 45.4 Å². The SMILES string of the molecule is Cc1cc(C(C)(C)C)cc(C)c1C(Cl)C(=O)O. The van der Waals surface area contributed by atoms with Crippen LogP contribution >= 0.6 is 11.6 Å². The summed E-state index contributed by atoms with van der Waals surface area (Å²) >= 11 is 5.92. The Bertz CT molecular complexity index is 421. The molecule has 0 amide bonds. The van der Waals surface area contributed by atoms with Crippen LogP contribution in [0.5, 0.6) is 0 Å². The number of benzene rings is 1. The van der Waals surface area contributed by atoms with Crippen LogP contribution in [0, 0.1) is 13.8 Å². The lowest BCUT2D eigenvalue weighted by molar-refractivity contribution is -0.136.